The number of aliphatic carboxylic acids is 2. The zero-order chi connectivity index (χ0) is 42.6. The first-order chi connectivity index (χ1) is 26.8. The predicted molar refractivity (Wildman–Crippen MR) is 223 cm³/mol. The van der Waals surface area contributed by atoms with Gasteiger partial charge in [-0.05, 0) is 86.0 Å². The third kappa shape index (κ3) is 19.7. The van der Waals surface area contributed by atoms with Crippen molar-refractivity contribution in [3.8, 4) is 0 Å². The second-order valence-electron chi connectivity index (χ2n) is 18.8. The Morgan fingerprint density at radius 3 is 1.37 bits per heavy atom. The van der Waals surface area contributed by atoms with Gasteiger partial charge in [-0.3, -0.25) is 38.7 Å². The molecule has 330 valence electrons. The Balaban J connectivity index is 2.50. The van der Waals surface area contributed by atoms with Crippen LogP contribution >= 0.6 is 0 Å². The number of amides is 1. The van der Waals surface area contributed by atoms with Crippen molar-refractivity contribution in [3.63, 3.8) is 0 Å². The third-order valence-electron chi connectivity index (χ3n) is 11.3. The van der Waals surface area contributed by atoms with Gasteiger partial charge in [0.2, 0.25) is 5.91 Å². The number of carbonyl (C=O) groups excluding carboxylic acids is 3. The molecular weight excluding hydrogens is 729 g/mol. The summed E-state index contributed by atoms with van der Waals surface area (Å²) in [7, 11) is 0. The van der Waals surface area contributed by atoms with Crippen LogP contribution in [-0.4, -0.2) is 142 Å². The molecular formula is C44H80N4O9. The van der Waals surface area contributed by atoms with Crippen LogP contribution in [0.5, 0.6) is 0 Å². The minimum atomic E-state index is -1.04. The van der Waals surface area contributed by atoms with Crippen molar-refractivity contribution < 1.29 is 43.7 Å². The third-order valence-corrected chi connectivity index (χ3v) is 11.3. The average Bonchev–Trinajstić information content (AvgIpc) is 3.27. The van der Waals surface area contributed by atoms with Gasteiger partial charge in [-0.1, -0.05) is 78.1 Å². The molecule has 0 aromatic rings. The Morgan fingerprint density at radius 1 is 0.614 bits per heavy atom. The van der Waals surface area contributed by atoms with Crippen molar-refractivity contribution in [2.75, 3.05) is 65.4 Å². The van der Waals surface area contributed by atoms with Gasteiger partial charge in [0.1, 0.15) is 11.2 Å². The molecule has 0 aromatic carbocycles. The van der Waals surface area contributed by atoms with Crippen LogP contribution in [0.4, 0.5) is 0 Å². The summed E-state index contributed by atoms with van der Waals surface area (Å²) in [5, 5.41) is 19.9. The monoisotopic (exact) mass is 809 g/mol. The van der Waals surface area contributed by atoms with E-state index in [0.717, 1.165) is 38.8 Å². The second-order valence-corrected chi connectivity index (χ2v) is 18.8. The molecule has 0 radical (unpaired) electrons. The van der Waals surface area contributed by atoms with Gasteiger partial charge in [0, 0.05) is 45.2 Å². The van der Waals surface area contributed by atoms with Crippen LogP contribution in [0.1, 0.15) is 158 Å². The van der Waals surface area contributed by atoms with Crippen LogP contribution in [0.2, 0.25) is 0 Å². The minimum absolute atomic E-state index is 0.167. The zero-order valence-electron chi connectivity index (χ0n) is 37.1. The normalized spacial score (nSPS) is 19.5. The lowest BCUT2D eigenvalue weighted by molar-refractivity contribution is -0.166. The van der Waals surface area contributed by atoms with Crippen LogP contribution in [0.25, 0.3) is 0 Å². The Morgan fingerprint density at radius 2 is 1.00 bits per heavy atom. The highest BCUT2D eigenvalue weighted by Gasteiger charge is 2.51. The average molecular weight is 809 g/mol. The molecule has 1 heterocycles. The summed E-state index contributed by atoms with van der Waals surface area (Å²) in [6.45, 7) is 16.4. The van der Waals surface area contributed by atoms with Crippen molar-refractivity contribution in [2.24, 2.45) is 11.8 Å². The molecule has 2 rings (SSSR count). The topological polar surface area (TPSA) is 157 Å². The Hall–Kier alpha value is -2.77. The smallest absolute Gasteiger partial charge is 0.320 e. The van der Waals surface area contributed by atoms with Crippen LogP contribution < -0.4 is 0 Å². The quantitative estimate of drug-likeness (QED) is 0.0732. The number of carboxylic acid groups (broad SMARTS) is 2. The fourth-order valence-electron chi connectivity index (χ4n) is 8.70. The molecule has 0 spiro atoms. The van der Waals surface area contributed by atoms with Crippen LogP contribution in [0.15, 0.2) is 0 Å². The molecule has 0 atom stereocenters. The lowest BCUT2D eigenvalue weighted by Crippen LogP contribution is -2.66. The number of hydrogen-bond donors (Lipinski definition) is 2. The van der Waals surface area contributed by atoms with Gasteiger partial charge >= 0.3 is 23.9 Å². The minimum Gasteiger partial charge on any atom is -0.480 e. The van der Waals surface area contributed by atoms with Crippen molar-refractivity contribution >= 4 is 29.8 Å². The Kier molecular flexibility index (Phi) is 22.1. The van der Waals surface area contributed by atoms with Crippen LogP contribution in [-0.2, 0) is 33.4 Å². The summed E-state index contributed by atoms with van der Waals surface area (Å²) in [6, 6.07) is 0. The molecule has 0 bridgehead atoms. The van der Waals surface area contributed by atoms with Crippen molar-refractivity contribution in [1.82, 2.24) is 19.6 Å². The molecule has 57 heavy (non-hydrogen) atoms. The van der Waals surface area contributed by atoms with Crippen molar-refractivity contribution in [1.29, 1.82) is 0 Å². The van der Waals surface area contributed by atoms with E-state index < -0.39 is 40.6 Å². The van der Waals surface area contributed by atoms with E-state index in [9.17, 15) is 34.2 Å². The van der Waals surface area contributed by atoms with E-state index in [4.69, 9.17) is 9.47 Å². The fourth-order valence-corrected chi connectivity index (χ4v) is 8.70. The molecule has 2 fully saturated rings. The maximum atomic E-state index is 14.3. The molecule has 2 N–H and O–H groups in total. The number of nitrogens with zero attached hydrogens (tertiary/aromatic N) is 4. The van der Waals surface area contributed by atoms with E-state index in [2.05, 4.69) is 18.7 Å². The van der Waals surface area contributed by atoms with Crippen molar-refractivity contribution in [2.45, 2.75) is 175 Å². The van der Waals surface area contributed by atoms with Gasteiger partial charge in [0.05, 0.1) is 31.7 Å². The molecule has 1 aliphatic carbocycles. The number of esters is 2. The van der Waals surface area contributed by atoms with E-state index in [1.165, 1.54) is 51.4 Å². The van der Waals surface area contributed by atoms with E-state index in [1.54, 1.807) is 56.2 Å². The fraction of sp³-hybridized carbons (Fsp3) is 0.886. The highest BCUT2D eigenvalue weighted by molar-refractivity contribution is 5.79. The number of rotatable bonds is 25. The summed E-state index contributed by atoms with van der Waals surface area (Å²) in [5.74, 6) is -3.30. The van der Waals surface area contributed by atoms with Crippen LogP contribution in [0, 0.1) is 11.8 Å². The largest absolute Gasteiger partial charge is 0.480 e. The molecule has 0 aromatic heterocycles. The van der Waals surface area contributed by atoms with Crippen molar-refractivity contribution in [3.05, 3.63) is 0 Å². The van der Waals surface area contributed by atoms with Gasteiger partial charge < -0.3 is 24.6 Å². The first kappa shape index (κ1) is 50.4. The number of carboxylic acids is 2. The molecule has 13 heteroatoms. The molecule has 13 nitrogen and oxygen atoms in total. The summed E-state index contributed by atoms with van der Waals surface area (Å²) < 4.78 is 11.6. The van der Waals surface area contributed by atoms with Gasteiger partial charge in [-0.2, -0.15) is 0 Å². The molecule has 1 saturated carbocycles. The lowest BCUT2D eigenvalue weighted by Gasteiger charge is -2.52. The SMILES string of the molecule is CCCCCCCCN(CCCCCCCC)C(=O)[C@H]1CC[C@H](C2(N(CC(=O)OC(C)(C)C)CC(=O)OC(C)(C)C)CN(CC(=O)O)CCN(CC(=O)O)C2)CC1. The summed E-state index contributed by atoms with van der Waals surface area (Å²) >= 11 is 0. The van der Waals surface area contributed by atoms with E-state index in [1.807, 2.05) is 0 Å². The standard InChI is InChI=1S/C44H80N4O9/c1-9-11-13-15-17-19-25-47(26-20-18-16-14-12-10-2)41(55)35-21-23-36(24-22-35)44(33-45(29-37(49)50)27-28-46(34-44)30-38(51)52)48(31-39(53)56-42(3,4)5)32-40(54)57-43(6,7)8/h35-36H,9-34H2,1-8H3,(H,49,50)(H,51,52)/t35-,36-. The lowest BCUT2D eigenvalue weighted by atomic mass is 9.69. The first-order valence-corrected chi connectivity index (χ1v) is 22.1. The van der Waals surface area contributed by atoms with E-state index in [0.29, 0.717) is 38.8 Å². The molecule has 0 unspecified atom stereocenters. The van der Waals surface area contributed by atoms with Crippen LogP contribution in [0.3, 0.4) is 0 Å². The van der Waals surface area contributed by atoms with E-state index in [-0.39, 0.29) is 57.0 Å². The number of ether oxygens (including phenoxy) is 2. The molecule has 1 aliphatic heterocycles. The number of unbranched alkanes of at least 4 members (excludes halogenated alkanes) is 10. The maximum Gasteiger partial charge on any atom is 0.320 e. The van der Waals surface area contributed by atoms with Gasteiger partial charge in [-0.15, -0.1) is 0 Å². The van der Waals surface area contributed by atoms with Gasteiger partial charge in [0.15, 0.2) is 0 Å². The van der Waals surface area contributed by atoms with Gasteiger partial charge in [-0.25, -0.2) is 0 Å². The maximum absolute atomic E-state index is 14.3. The second kappa shape index (κ2) is 25.0. The Bertz CT molecular complexity index is 1170. The number of carbonyl (C=O) groups is 5. The van der Waals surface area contributed by atoms with Gasteiger partial charge in [0.25, 0.3) is 0 Å². The highest BCUT2D eigenvalue weighted by Crippen LogP contribution is 2.42. The number of hydrogen-bond acceptors (Lipinski definition) is 10. The molecule has 1 saturated heterocycles. The highest BCUT2D eigenvalue weighted by atomic mass is 16.6. The predicted octanol–water partition coefficient (Wildman–Crippen LogP) is 6.85. The summed E-state index contributed by atoms with van der Waals surface area (Å²) in [4.78, 5) is 73.5. The Labute approximate surface area is 344 Å². The summed E-state index contributed by atoms with van der Waals surface area (Å²) in [5.41, 5.74) is -2.64. The first-order valence-electron chi connectivity index (χ1n) is 22.1. The molecule has 2 aliphatic rings. The van der Waals surface area contributed by atoms with E-state index >= 15 is 0 Å². The summed E-state index contributed by atoms with van der Waals surface area (Å²) in [6.07, 6.45) is 16.3. The molecule has 1 amide bonds. The zero-order valence-corrected chi connectivity index (χ0v) is 37.1.